The lowest BCUT2D eigenvalue weighted by molar-refractivity contribution is -0.148. The molecule has 2 aromatic carbocycles. The first-order valence-electron chi connectivity index (χ1n) is 12.5. The van der Waals surface area contributed by atoms with E-state index in [4.69, 9.17) is 9.47 Å². The Morgan fingerprint density at radius 2 is 1.64 bits per heavy atom. The first kappa shape index (κ1) is 29.6. The predicted octanol–water partition coefficient (Wildman–Crippen LogP) is 6.27. The Bertz CT molecular complexity index is 1210. The van der Waals surface area contributed by atoms with E-state index in [1.54, 1.807) is 31.3 Å². The second-order valence-electron chi connectivity index (χ2n) is 9.41. The van der Waals surface area contributed by atoms with Gasteiger partial charge in [-0.05, 0) is 43.5 Å². The van der Waals surface area contributed by atoms with Crippen molar-refractivity contribution < 1.29 is 32.2 Å². The molecule has 0 aliphatic rings. The van der Waals surface area contributed by atoms with E-state index in [-0.39, 0.29) is 19.1 Å². The molecule has 2 amide bonds. The van der Waals surface area contributed by atoms with Gasteiger partial charge in [-0.25, -0.2) is 4.79 Å². The van der Waals surface area contributed by atoms with Crippen molar-refractivity contribution in [1.29, 1.82) is 0 Å². The summed E-state index contributed by atoms with van der Waals surface area (Å²) in [7, 11) is 0. The zero-order valence-electron chi connectivity index (χ0n) is 22.0. The van der Waals surface area contributed by atoms with Gasteiger partial charge in [0.1, 0.15) is 12.3 Å². The lowest BCUT2D eigenvalue weighted by atomic mass is 10.0. The lowest BCUT2D eigenvalue weighted by Gasteiger charge is -2.31. The fourth-order valence-corrected chi connectivity index (χ4v) is 3.87. The van der Waals surface area contributed by atoms with Crippen LogP contribution in [0.25, 0.3) is 11.1 Å². The van der Waals surface area contributed by atoms with E-state index >= 15 is 0 Å². The van der Waals surface area contributed by atoms with Crippen LogP contribution in [0.2, 0.25) is 0 Å². The Labute approximate surface area is 225 Å². The van der Waals surface area contributed by atoms with Crippen LogP contribution >= 0.6 is 0 Å². The molecule has 2 unspecified atom stereocenters. The number of pyridine rings is 1. The largest absolute Gasteiger partial charge is 0.445 e. The molecule has 0 spiro atoms. The Hall–Kier alpha value is -3.92. The first-order chi connectivity index (χ1) is 18.6. The molecule has 7 nitrogen and oxygen atoms in total. The molecule has 3 rings (SSSR count). The molecular weight excluding hydrogens is 511 g/mol. The van der Waals surface area contributed by atoms with Gasteiger partial charge < -0.3 is 20.1 Å². The van der Waals surface area contributed by atoms with E-state index in [1.807, 2.05) is 48.5 Å². The molecule has 2 atom stereocenters. The van der Waals surface area contributed by atoms with E-state index in [0.29, 0.717) is 11.3 Å². The van der Waals surface area contributed by atoms with Crippen LogP contribution in [0.15, 0.2) is 72.9 Å². The number of hydrogen-bond donors (Lipinski definition) is 2. The number of benzene rings is 2. The van der Waals surface area contributed by atoms with E-state index in [0.717, 1.165) is 16.7 Å². The number of halogens is 3. The highest BCUT2D eigenvalue weighted by Crippen LogP contribution is 2.29. The standard InChI is InChI=1S/C29H32F3N3O4/c1-19(34-28(37)38-18-20-7-5-4-6-8-20)24-14-13-23(17-33-24)21-9-11-22(12-10-21)25(15-16-30)39-29(2,3)35-27(36)26(31)32/h4-14,17,19,25-26H,15-16,18H2,1-3H3,(H,34,37)(H,35,36). The van der Waals surface area contributed by atoms with Crippen LogP contribution in [0, 0.1) is 0 Å². The minimum absolute atomic E-state index is 0.0117. The molecule has 0 saturated carbocycles. The molecule has 0 fully saturated rings. The van der Waals surface area contributed by atoms with Gasteiger partial charge in [0, 0.05) is 18.2 Å². The van der Waals surface area contributed by atoms with Crippen LogP contribution < -0.4 is 10.6 Å². The number of hydrogen-bond acceptors (Lipinski definition) is 5. The molecule has 39 heavy (non-hydrogen) atoms. The van der Waals surface area contributed by atoms with Crippen molar-refractivity contribution in [3.63, 3.8) is 0 Å². The van der Waals surface area contributed by atoms with E-state index in [9.17, 15) is 22.8 Å². The summed E-state index contributed by atoms with van der Waals surface area (Å²) in [6.45, 7) is 4.14. The fraction of sp³-hybridized carbons (Fsp3) is 0.345. The van der Waals surface area contributed by atoms with Gasteiger partial charge in [-0.1, -0.05) is 60.7 Å². The first-order valence-corrected chi connectivity index (χ1v) is 12.5. The van der Waals surface area contributed by atoms with Crippen molar-refractivity contribution in [2.75, 3.05) is 6.67 Å². The highest BCUT2D eigenvalue weighted by atomic mass is 19.3. The van der Waals surface area contributed by atoms with Crippen LogP contribution in [0.4, 0.5) is 18.0 Å². The summed E-state index contributed by atoms with van der Waals surface area (Å²) >= 11 is 0. The fourth-order valence-electron chi connectivity index (χ4n) is 3.87. The van der Waals surface area contributed by atoms with Gasteiger partial charge in [0.15, 0.2) is 0 Å². The van der Waals surface area contributed by atoms with Crippen molar-refractivity contribution in [2.24, 2.45) is 0 Å². The average molecular weight is 544 g/mol. The summed E-state index contributed by atoms with van der Waals surface area (Å²) in [6.07, 6.45) is -2.82. The van der Waals surface area contributed by atoms with Crippen LogP contribution in [-0.4, -0.2) is 35.8 Å². The highest BCUT2D eigenvalue weighted by Gasteiger charge is 2.29. The van der Waals surface area contributed by atoms with Crippen molar-refractivity contribution >= 4 is 12.0 Å². The smallest absolute Gasteiger partial charge is 0.407 e. The summed E-state index contributed by atoms with van der Waals surface area (Å²) < 4.78 is 49.5. The summed E-state index contributed by atoms with van der Waals surface area (Å²) in [4.78, 5) is 28.0. The average Bonchev–Trinajstić information content (AvgIpc) is 2.92. The minimum Gasteiger partial charge on any atom is -0.445 e. The number of rotatable bonds is 12. The molecule has 10 heteroatoms. The third kappa shape index (κ3) is 9.10. The Kier molecular flexibility index (Phi) is 10.4. The third-order valence-electron chi connectivity index (χ3n) is 5.82. The number of amides is 2. The van der Waals surface area contributed by atoms with E-state index < -0.39 is 36.9 Å². The number of carbonyl (C=O) groups is 2. The Morgan fingerprint density at radius 3 is 2.23 bits per heavy atom. The zero-order valence-corrected chi connectivity index (χ0v) is 22.0. The van der Waals surface area contributed by atoms with Crippen molar-refractivity contribution in [3.8, 4) is 11.1 Å². The zero-order chi connectivity index (χ0) is 28.4. The molecule has 1 aromatic heterocycles. The second-order valence-corrected chi connectivity index (χ2v) is 9.41. The maximum Gasteiger partial charge on any atom is 0.407 e. The van der Waals surface area contributed by atoms with Crippen LogP contribution in [0.5, 0.6) is 0 Å². The highest BCUT2D eigenvalue weighted by molar-refractivity contribution is 5.79. The van der Waals surface area contributed by atoms with E-state index in [2.05, 4.69) is 15.6 Å². The van der Waals surface area contributed by atoms with Crippen LogP contribution in [0.1, 0.15) is 56.2 Å². The number of carbonyl (C=O) groups excluding carboxylic acids is 2. The summed E-state index contributed by atoms with van der Waals surface area (Å²) in [5, 5.41) is 4.87. The molecule has 0 aliphatic carbocycles. The molecular formula is C29H32F3N3O4. The number of nitrogens with zero attached hydrogens (tertiary/aromatic N) is 1. The maximum absolute atomic E-state index is 13.2. The number of alkyl halides is 3. The summed E-state index contributed by atoms with van der Waals surface area (Å²) in [6, 6.07) is 19.8. The number of nitrogens with one attached hydrogen (secondary N) is 2. The van der Waals surface area contributed by atoms with Gasteiger partial charge in [-0.15, -0.1) is 0 Å². The summed E-state index contributed by atoms with van der Waals surface area (Å²) in [5.74, 6) is -1.46. The molecule has 0 saturated heterocycles. The van der Waals surface area contributed by atoms with Gasteiger partial charge in [0.2, 0.25) is 0 Å². The van der Waals surface area contributed by atoms with Crippen molar-refractivity contribution in [1.82, 2.24) is 15.6 Å². The summed E-state index contributed by atoms with van der Waals surface area (Å²) in [5.41, 5.74) is 2.40. The van der Waals surface area contributed by atoms with Crippen LogP contribution in [-0.2, 0) is 20.9 Å². The SMILES string of the molecule is CC(NC(=O)OCc1ccccc1)c1ccc(-c2ccc(C(CCF)OC(C)(C)NC(=O)C(F)F)cc2)cn1. The Morgan fingerprint density at radius 1 is 0.974 bits per heavy atom. The molecule has 208 valence electrons. The molecule has 0 radical (unpaired) electrons. The molecule has 1 heterocycles. The maximum atomic E-state index is 13.2. The molecule has 3 aromatic rings. The monoisotopic (exact) mass is 543 g/mol. The van der Waals surface area contributed by atoms with Gasteiger partial charge in [-0.3, -0.25) is 14.2 Å². The second kappa shape index (κ2) is 13.7. The van der Waals surface area contributed by atoms with Crippen LogP contribution in [0.3, 0.4) is 0 Å². The number of aromatic nitrogens is 1. The van der Waals surface area contributed by atoms with Gasteiger partial charge in [-0.2, -0.15) is 8.78 Å². The topological polar surface area (TPSA) is 89.5 Å². The lowest BCUT2D eigenvalue weighted by Crippen LogP contribution is -2.48. The van der Waals surface area contributed by atoms with Crippen molar-refractivity contribution in [2.45, 2.75) is 58.1 Å². The number of ether oxygens (including phenoxy) is 2. The molecule has 0 bridgehead atoms. The van der Waals surface area contributed by atoms with Crippen molar-refractivity contribution in [3.05, 3.63) is 89.7 Å². The quantitative estimate of drug-likeness (QED) is 0.263. The third-order valence-corrected chi connectivity index (χ3v) is 5.82. The van der Waals surface area contributed by atoms with Gasteiger partial charge >= 0.3 is 12.5 Å². The molecule has 0 aliphatic heterocycles. The minimum atomic E-state index is -3.18. The number of alkyl carbamates (subject to hydrolysis) is 1. The normalized spacial score (nSPS) is 13.0. The van der Waals surface area contributed by atoms with E-state index in [1.165, 1.54) is 13.8 Å². The van der Waals surface area contributed by atoms with Gasteiger partial charge in [0.25, 0.3) is 5.91 Å². The van der Waals surface area contributed by atoms with Gasteiger partial charge in [0.05, 0.1) is 24.5 Å². The molecule has 2 N–H and O–H groups in total. The predicted molar refractivity (Wildman–Crippen MR) is 140 cm³/mol. The Balaban J connectivity index is 1.60.